The van der Waals surface area contributed by atoms with E-state index in [1.54, 1.807) is 28.3 Å². The van der Waals surface area contributed by atoms with E-state index in [1.807, 2.05) is 30.4 Å². The Balaban J connectivity index is 1.25. The lowest BCUT2D eigenvalue weighted by atomic mass is 9.83. The smallest absolute Gasteiger partial charge is 0.270 e. The van der Waals surface area contributed by atoms with Crippen molar-refractivity contribution in [2.75, 3.05) is 11.4 Å². The van der Waals surface area contributed by atoms with Gasteiger partial charge < -0.3 is 10.2 Å². The SMILES string of the molecule is Cn1cc(-c2csc(CNC(=O)c3cc(N4CC[C@@](C)(C5CC5)C4=O)ccn3)c2)cn1. The molecule has 2 amide bonds. The average Bonchev–Trinajstić information content (AvgIpc) is 3.25. The minimum absolute atomic E-state index is 0.175. The number of nitrogens with zero attached hydrogens (tertiary/aromatic N) is 4. The van der Waals surface area contributed by atoms with Crippen molar-refractivity contribution in [3.05, 3.63) is 52.7 Å². The number of nitrogens with one attached hydrogen (secondary N) is 1. The van der Waals surface area contributed by atoms with Gasteiger partial charge in [-0.15, -0.1) is 11.3 Å². The van der Waals surface area contributed by atoms with E-state index in [4.69, 9.17) is 0 Å². The third kappa shape index (κ3) is 3.76. The van der Waals surface area contributed by atoms with Crippen LogP contribution in [-0.4, -0.2) is 33.1 Å². The Bertz CT molecular complexity index is 1150. The standard InChI is InChI=1S/C23H25N5O2S/c1-23(17-3-4-17)6-8-28(22(23)30)18-5-7-24-20(10-18)21(29)25-12-19-9-15(14-31-19)16-11-26-27(2)13-16/h5,7,9-11,13-14,17H,3-4,6,8,12H2,1-2H3,(H,25,29)/t23-/m0/s1. The van der Waals surface area contributed by atoms with E-state index in [1.165, 1.54) is 0 Å². The van der Waals surface area contributed by atoms with Crippen LogP contribution in [-0.2, 0) is 18.4 Å². The van der Waals surface area contributed by atoms with Gasteiger partial charge in [0, 0.05) is 42.1 Å². The molecular weight excluding hydrogens is 410 g/mol. The van der Waals surface area contributed by atoms with Crippen LogP contribution in [0.5, 0.6) is 0 Å². The second kappa shape index (κ2) is 7.60. The summed E-state index contributed by atoms with van der Waals surface area (Å²) in [6.07, 6.45) is 8.56. The molecule has 1 atom stereocenters. The van der Waals surface area contributed by atoms with Gasteiger partial charge in [0.05, 0.1) is 18.2 Å². The molecule has 5 rings (SSSR count). The minimum atomic E-state index is -0.253. The molecule has 1 aliphatic heterocycles. The van der Waals surface area contributed by atoms with E-state index in [9.17, 15) is 9.59 Å². The van der Waals surface area contributed by atoms with Crippen LogP contribution in [0.2, 0.25) is 0 Å². The van der Waals surface area contributed by atoms with Gasteiger partial charge >= 0.3 is 0 Å². The van der Waals surface area contributed by atoms with Crippen molar-refractivity contribution in [2.45, 2.75) is 32.7 Å². The summed E-state index contributed by atoms with van der Waals surface area (Å²) in [6, 6.07) is 5.60. The maximum atomic E-state index is 13.0. The fraction of sp³-hybridized carbons (Fsp3) is 0.391. The maximum Gasteiger partial charge on any atom is 0.270 e. The van der Waals surface area contributed by atoms with Gasteiger partial charge in [-0.05, 0) is 54.3 Å². The largest absolute Gasteiger partial charge is 0.346 e. The first-order valence-corrected chi connectivity index (χ1v) is 11.4. The molecule has 160 valence electrons. The Morgan fingerprint density at radius 1 is 1.32 bits per heavy atom. The van der Waals surface area contributed by atoms with Crippen molar-refractivity contribution in [1.29, 1.82) is 0 Å². The lowest BCUT2D eigenvalue weighted by Gasteiger charge is -2.23. The second-order valence-corrected chi connectivity index (χ2v) is 9.68. The topological polar surface area (TPSA) is 80.1 Å². The molecule has 3 aromatic rings. The second-order valence-electron chi connectivity index (χ2n) is 8.68. The molecular formula is C23H25N5O2S. The number of rotatable bonds is 6. The molecule has 1 saturated carbocycles. The molecule has 1 aliphatic carbocycles. The predicted octanol–water partition coefficient (Wildman–Crippen LogP) is 3.63. The van der Waals surface area contributed by atoms with E-state index in [-0.39, 0.29) is 17.2 Å². The lowest BCUT2D eigenvalue weighted by Crippen LogP contribution is -2.34. The highest BCUT2D eigenvalue weighted by atomic mass is 32.1. The molecule has 0 unspecified atom stereocenters. The van der Waals surface area contributed by atoms with Crippen LogP contribution in [0.1, 0.15) is 41.6 Å². The molecule has 2 aliphatic rings. The Morgan fingerprint density at radius 3 is 2.90 bits per heavy atom. The fourth-order valence-electron chi connectivity index (χ4n) is 4.37. The summed E-state index contributed by atoms with van der Waals surface area (Å²) in [5.41, 5.74) is 2.98. The Hall–Kier alpha value is -3.00. The van der Waals surface area contributed by atoms with Crippen LogP contribution in [0.15, 0.2) is 42.2 Å². The first-order valence-electron chi connectivity index (χ1n) is 10.6. The summed E-state index contributed by atoms with van der Waals surface area (Å²) in [7, 11) is 1.89. The van der Waals surface area contributed by atoms with Gasteiger partial charge in [-0.1, -0.05) is 6.92 Å². The van der Waals surface area contributed by atoms with Gasteiger partial charge in [0.25, 0.3) is 5.91 Å². The highest BCUT2D eigenvalue weighted by Crippen LogP contribution is 2.51. The Kier molecular flexibility index (Phi) is 4.89. The first-order chi connectivity index (χ1) is 14.9. The zero-order valence-electron chi connectivity index (χ0n) is 17.7. The van der Waals surface area contributed by atoms with Crippen LogP contribution < -0.4 is 10.2 Å². The number of anilines is 1. The predicted molar refractivity (Wildman–Crippen MR) is 120 cm³/mol. The first kappa shape index (κ1) is 19.9. The molecule has 31 heavy (non-hydrogen) atoms. The van der Waals surface area contributed by atoms with Gasteiger partial charge in [0.2, 0.25) is 5.91 Å². The van der Waals surface area contributed by atoms with E-state index < -0.39 is 0 Å². The van der Waals surface area contributed by atoms with Gasteiger partial charge in [-0.25, -0.2) is 0 Å². The van der Waals surface area contributed by atoms with Crippen molar-refractivity contribution in [2.24, 2.45) is 18.4 Å². The monoisotopic (exact) mass is 435 g/mol. The zero-order valence-corrected chi connectivity index (χ0v) is 18.5. The molecule has 7 nitrogen and oxygen atoms in total. The molecule has 4 heterocycles. The summed E-state index contributed by atoms with van der Waals surface area (Å²) < 4.78 is 1.77. The van der Waals surface area contributed by atoms with E-state index in [0.29, 0.717) is 24.7 Å². The highest BCUT2D eigenvalue weighted by Gasteiger charge is 2.52. The summed E-state index contributed by atoms with van der Waals surface area (Å²) in [5.74, 6) is 0.445. The molecule has 8 heteroatoms. The van der Waals surface area contributed by atoms with E-state index in [2.05, 4.69) is 33.8 Å². The maximum absolute atomic E-state index is 13.0. The van der Waals surface area contributed by atoms with Crippen molar-refractivity contribution in [3.8, 4) is 11.1 Å². The van der Waals surface area contributed by atoms with Gasteiger partial charge in [0.15, 0.2) is 0 Å². The van der Waals surface area contributed by atoms with Crippen LogP contribution in [0.4, 0.5) is 5.69 Å². The Labute approximate surface area is 185 Å². The molecule has 1 N–H and O–H groups in total. The third-order valence-electron chi connectivity index (χ3n) is 6.47. The highest BCUT2D eigenvalue weighted by molar-refractivity contribution is 7.10. The van der Waals surface area contributed by atoms with Crippen molar-refractivity contribution >= 4 is 28.8 Å². The number of carbonyl (C=O) groups excluding carboxylic acids is 2. The van der Waals surface area contributed by atoms with Crippen molar-refractivity contribution < 1.29 is 9.59 Å². The molecule has 2 fully saturated rings. The number of hydrogen-bond donors (Lipinski definition) is 1. The van der Waals surface area contributed by atoms with Crippen LogP contribution >= 0.6 is 11.3 Å². The number of thiophene rings is 1. The van der Waals surface area contributed by atoms with Gasteiger partial charge in [0.1, 0.15) is 5.69 Å². The summed E-state index contributed by atoms with van der Waals surface area (Å²) >= 11 is 1.60. The van der Waals surface area contributed by atoms with Crippen molar-refractivity contribution in [3.63, 3.8) is 0 Å². The summed E-state index contributed by atoms with van der Waals surface area (Å²) in [5, 5.41) is 9.21. The Morgan fingerprint density at radius 2 is 2.16 bits per heavy atom. The minimum Gasteiger partial charge on any atom is -0.346 e. The summed E-state index contributed by atoms with van der Waals surface area (Å²) in [4.78, 5) is 32.8. The average molecular weight is 436 g/mol. The third-order valence-corrected chi connectivity index (χ3v) is 7.41. The number of hydrogen-bond acceptors (Lipinski definition) is 5. The van der Waals surface area contributed by atoms with E-state index >= 15 is 0 Å². The number of aryl methyl sites for hydroxylation is 1. The van der Waals surface area contributed by atoms with Crippen molar-refractivity contribution in [1.82, 2.24) is 20.1 Å². The van der Waals surface area contributed by atoms with Crippen LogP contribution in [0, 0.1) is 11.3 Å². The van der Waals surface area contributed by atoms with Gasteiger partial charge in [-0.2, -0.15) is 5.10 Å². The number of pyridine rings is 1. The lowest BCUT2D eigenvalue weighted by molar-refractivity contribution is -0.125. The molecule has 0 spiro atoms. The summed E-state index contributed by atoms with van der Waals surface area (Å²) in [6.45, 7) is 3.21. The molecule has 0 radical (unpaired) electrons. The molecule has 1 saturated heterocycles. The number of aromatic nitrogens is 3. The molecule has 0 bridgehead atoms. The van der Waals surface area contributed by atoms with Gasteiger partial charge in [-0.3, -0.25) is 19.3 Å². The van der Waals surface area contributed by atoms with E-state index in [0.717, 1.165) is 41.0 Å². The normalized spacial score (nSPS) is 21.0. The molecule has 0 aromatic carbocycles. The van der Waals surface area contributed by atoms with Crippen LogP contribution in [0.3, 0.4) is 0 Å². The zero-order chi connectivity index (χ0) is 21.6. The quantitative estimate of drug-likeness (QED) is 0.641. The fourth-order valence-corrected chi connectivity index (χ4v) is 5.20. The number of carbonyl (C=O) groups is 2. The van der Waals surface area contributed by atoms with Crippen LogP contribution in [0.25, 0.3) is 11.1 Å². The molecule has 3 aromatic heterocycles. The number of amides is 2.